The molecule has 0 spiro atoms. The Balaban J connectivity index is 2.35. The molecule has 4 nitrogen and oxygen atoms in total. The van der Waals surface area contributed by atoms with Gasteiger partial charge in [0.1, 0.15) is 5.82 Å². The van der Waals surface area contributed by atoms with Crippen molar-refractivity contribution in [2.24, 2.45) is 0 Å². The van der Waals surface area contributed by atoms with Gasteiger partial charge in [0.25, 0.3) is 0 Å². The highest BCUT2D eigenvalue weighted by atomic mass is 15.1. The Kier molecular flexibility index (Phi) is 4.46. The molecule has 0 saturated carbocycles. The summed E-state index contributed by atoms with van der Waals surface area (Å²) in [6, 6.07) is 10.3. The van der Waals surface area contributed by atoms with Crippen LogP contribution in [0.1, 0.15) is 39.0 Å². The maximum Gasteiger partial charge on any atom is 0.224 e. The molecule has 0 bridgehead atoms. The molecular formula is C17H24N4. The lowest BCUT2D eigenvalue weighted by Crippen LogP contribution is -2.14. The van der Waals surface area contributed by atoms with Crippen LogP contribution in [0.4, 0.5) is 17.5 Å². The number of aromatic nitrogens is 2. The second kappa shape index (κ2) is 6.12. The zero-order chi connectivity index (χ0) is 15.5. The van der Waals surface area contributed by atoms with Crippen LogP contribution in [0.15, 0.2) is 30.3 Å². The first kappa shape index (κ1) is 15.3. The summed E-state index contributed by atoms with van der Waals surface area (Å²) in [7, 11) is 0. The van der Waals surface area contributed by atoms with Crippen LogP contribution >= 0.6 is 0 Å². The first-order valence-corrected chi connectivity index (χ1v) is 7.36. The quantitative estimate of drug-likeness (QED) is 0.881. The monoisotopic (exact) mass is 284 g/mol. The van der Waals surface area contributed by atoms with Crippen molar-refractivity contribution in [1.29, 1.82) is 0 Å². The third-order valence-electron chi connectivity index (χ3n) is 3.19. The number of rotatable bonds is 4. The zero-order valence-corrected chi connectivity index (χ0v) is 13.5. The number of hydrogen-bond acceptors (Lipinski definition) is 4. The van der Waals surface area contributed by atoms with Crippen LogP contribution in [0, 0.1) is 6.92 Å². The summed E-state index contributed by atoms with van der Waals surface area (Å²) in [5.41, 5.74) is 3.38. The molecule has 0 unspecified atom stereocenters. The van der Waals surface area contributed by atoms with Crippen LogP contribution < -0.4 is 10.6 Å². The molecule has 0 aliphatic carbocycles. The zero-order valence-electron chi connectivity index (χ0n) is 13.5. The fourth-order valence-electron chi connectivity index (χ4n) is 2.25. The molecule has 4 heteroatoms. The SMILES string of the molecule is CCNc1nc(C)cc(Nc2ccccc2C(C)(C)C)n1. The second-order valence-corrected chi connectivity index (χ2v) is 6.17. The molecule has 2 rings (SSSR count). The molecule has 0 aliphatic rings. The van der Waals surface area contributed by atoms with Gasteiger partial charge in [-0.1, -0.05) is 39.0 Å². The van der Waals surface area contributed by atoms with Gasteiger partial charge in [-0.15, -0.1) is 0 Å². The molecule has 0 amide bonds. The van der Waals surface area contributed by atoms with Crippen LogP contribution in [0.2, 0.25) is 0 Å². The molecule has 0 radical (unpaired) electrons. The van der Waals surface area contributed by atoms with Gasteiger partial charge in [0, 0.05) is 24.0 Å². The highest BCUT2D eigenvalue weighted by Crippen LogP contribution is 2.31. The van der Waals surface area contributed by atoms with E-state index < -0.39 is 0 Å². The normalized spacial score (nSPS) is 11.3. The third kappa shape index (κ3) is 3.94. The average Bonchev–Trinajstić information content (AvgIpc) is 2.37. The standard InChI is InChI=1S/C17H24N4/c1-6-18-16-19-12(2)11-15(21-16)20-14-10-8-7-9-13(14)17(3,4)5/h7-11H,6H2,1-5H3,(H2,18,19,20,21). The highest BCUT2D eigenvalue weighted by Gasteiger charge is 2.17. The van der Waals surface area contributed by atoms with E-state index in [0.717, 1.165) is 23.7 Å². The number of nitrogens with zero attached hydrogens (tertiary/aromatic N) is 2. The maximum atomic E-state index is 4.51. The van der Waals surface area contributed by atoms with Crippen molar-refractivity contribution >= 4 is 17.5 Å². The fraction of sp³-hybridized carbons (Fsp3) is 0.412. The van der Waals surface area contributed by atoms with Crippen molar-refractivity contribution in [2.45, 2.75) is 40.0 Å². The Hall–Kier alpha value is -2.10. The lowest BCUT2D eigenvalue weighted by Gasteiger charge is -2.23. The lowest BCUT2D eigenvalue weighted by molar-refractivity contribution is 0.592. The molecule has 1 heterocycles. The second-order valence-electron chi connectivity index (χ2n) is 6.17. The van der Waals surface area contributed by atoms with E-state index in [-0.39, 0.29) is 5.41 Å². The minimum atomic E-state index is 0.0795. The molecule has 2 N–H and O–H groups in total. The Bertz CT molecular complexity index is 614. The topological polar surface area (TPSA) is 49.8 Å². The molecule has 0 aliphatic heterocycles. The summed E-state index contributed by atoms with van der Waals surface area (Å²) in [4.78, 5) is 8.88. The number of hydrogen-bond donors (Lipinski definition) is 2. The first-order valence-electron chi connectivity index (χ1n) is 7.36. The molecule has 0 fully saturated rings. The van der Waals surface area contributed by atoms with Crippen LogP contribution in [0.3, 0.4) is 0 Å². The summed E-state index contributed by atoms with van der Waals surface area (Å²) in [6.07, 6.45) is 0. The lowest BCUT2D eigenvalue weighted by atomic mass is 9.86. The predicted octanol–water partition coefficient (Wildman–Crippen LogP) is 4.26. The van der Waals surface area contributed by atoms with Gasteiger partial charge in [0.15, 0.2) is 0 Å². The van der Waals surface area contributed by atoms with Gasteiger partial charge >= 0.3 is 0 Å². The molecular weight excluding hydrogens is 260 g/mol. The Morgan fingerprint density at radius 3 is 2.48 bits per heavy atom. The van der Waals surface area contributed by atoms with E-state index >= 15 is 0 Å². The maximum absolute atomic E-state index is 4.51. The molecule has 0 atom stereocenters. The van der Waals surface area contributed by atoms with Gasteiger partial charge < -0.3 is 10.6 Å². The third-order valence-corrected chi connectivity index (χ3v) is 3.19. The van der Waals surface area contributed by atoms with E-state index in [1.165, 1.54) is 5.56 Å². The van der Waals surface area contributed by atoms with E-state index in [0.29, 0.717) is 5.95 Å². The molecule has 112 valence electrons. The van der Waals surface area contributed by atoms with Gasteiger partial charge in [0.2, 0.25) is 5.95 Å². The van der Waals surface area contributed by atoms with Crippen LogP contribution in [0.25, 0.3) is 0 Å². The summed E-state index contributed by atoms with van der Waals surface area (Å²) in [6.45, 7) is 11.5. The Morgan fingerprint density at radius 2 is 1.81 bits per heavy atom. The minimum absolute atomic E-state index is 0.0795. The largest absolute Gasteiger partial charge is 0.354 e. The van der Waals surface area contributed by atoms with Gasteiger partial charge in [-0.2, -0.15) is 4.98 Å². The summed E-state index contributed by atoms with van der Waals surface area (Å²) >= 11 is 0. The summed E-state index contributed by atoms with van der Waals surface area (Å²) in [5, 5.41) is 6.58. The van der Waals surface area contributed by atoms with Crippen LogP contribution in [-0.2, 0) is 5.41 Å². The number of para-hydroxylation sites is 1. The van der Waals surface area contributed by atoms with Crippen molar-refractivity contribution in [3.63, 3.8) is 0 Å². The number of anilines is 3. The molecule has 21 heavy (non-hydrogen) atoms. The summed E-state index contributed by atoms with van der Waals surface area (Å²) in [5.74, 6) is 1.48. The van der Waals surface area contributed by atoms with Gasteiger partial charge in [-0.3, -0.25) is 0 Å². The van der Waals surface area contributed by atoms with Crippen LogP contribution in [-0.4, -0.2) is 16.5 Å². The number of aryl methyl sites for hydroxylation is 1. The average molecular weight is 284 g/mol. The molecule has 1 aromatic heterocycles. The van der Waals surface area contributed by atoms with E-state index in [4.69, 9.17) is 0 Å². The van der Waals surface area contributed by atoms with Crippen molar-refractivity contribution in [2.75, 3.05) is 17.2 Å². The van der Waals surface area contributed by atoms with Gasteiger partial charge in [-0.05, 0) is 30.9 Å². The Labute approximate surface area is 127 Å². The van der Waals surface area contributed by atoms with E-state index in [2.05, 4.69) is 59.6 Å². The number of benzene rings is 1. The smallest absolute Gasteiger partial charge is 0.224 e. The van der Waals surface area contributed by atoms with Crippen molar-refractivity contribution < 1.29 is 0 Å². The Morgan fingerprint density at radius 1 is 1.10 bits per heavy atom. The minimum Gasteiger partial charge on any atom is -0.354 e. The molecule has 1 aromatic carbocycles. The van der Waals surface area contributed by atoms with E-state index in [1.807, 2.05) is 26.0 Å². The number of nitrogens with one attached hydrogen (secondary N) is 2. The molecule has 2 aromatic rings. The molecule has 0 saturated heterocycles. The van der Waals surface area contributed by atoms with Crippen molar-refractivity contribution in [3.8, 4) is 0 Å². The first-order chi connectivity index (χ1) is 9.90. The highest BCUT2D eigenvalue weighted by molar-refractivity contribution is 5.63. The van der Waals surface area contributed by atoms with Crippen molar-refractivity contribution in [1.82, 2.24) is 9.97 Å². The van der Waals surface area contributed by atoms with Gasteiger partial charge in [-0.25, -0.2) is 4.98 Å². The van der Waals surface area contributed by atoms with Gasteiger partial charge in [0.05, 0.1) is 0 Å². The summed E-state index contributed by atoms with van der Waals surface area (Å²) < 4.78 is 0. The fourth-order valence-corrected chi connectivity index (χ4v) is 2.25. The predicted molar refractivity (Wildman–Crippen MR) is 89.4 cm³/mol. The van der Waals surface area contributed by atoms with Crippen molar-refractivity contribution in [3.05, 3.63) is 41.6 Å². The van der Waals surface area contributed by atoms with E-state index in [1.54, 1.807) is 0 Å². The van der Waals surface area contributed by atoms with Crippen LogP contribution in [0.5, 0.6) is 0 Å². The van der Waals surface area contributed by atoms with E-state index in [9.17, 15) is 0 Å².